The van der Waals surface area contributed by atoms with E-state index in [0.717, 1.165) is 6.07 Å². The summed E-state index contributed by atoms with van der Waals surface area (Å²) in [6.45, 7) is 2.23. The van der Waals surface area contributed by atoms with Crippen molar-refractivity contribution in [2.24, 2.45) is 0 Å². The van der Waals surface area contributed by atoms with E-state index in [0.29, 0.717) is 6.61 Å². The maximum absolute atomic E-state index is 13.2. The quantitative estimate of drug-likeness (QED) is 0.782. The van der Waals surface area contributed by atoms with Crippen LogP contribution in [0, 0.1) is 5.82 Å². The lowest BCUT2D eigenvalue weighted by Gasteiger charge is -2.16. The first-order valence-electron chi connectivity index (χ1n) is 5.81. The Hall–Kier alpha value is -1.62. The molecular formula is C13H15ClFNO3. The van der Waals surface area contributed by atoms with Crippen LogP contribution in [0.1, 0.15) is 23.7 Å². The standard InChI is InChI=1S/C13H15ClFNO3/c1-3-19-12(17)6-7-16(2)13(18)9-4-5-10(14)11(15)8-9/h4-5,8H,3,6-7H2,1-2H3. The number of hydrogen-bond acceptors (Lipinski definition) is 3. The minimum atomic E-state index is -0.647. The van der Waals surface area contributed by atoms with Crippen LogP contribution < -0.4 is 0 Å². The molecule has 1 aromatic carbocycles. The summed E-state index contributed by atoms with van der Waals surface area (Å²) in [5.41, 5.74) is 0.188. The highest BCUT2D eigenvalue weighted by Crippen LogP contribution is 2.16. The van der Waals surface area contributed by atoms with Crippen molar-refractivity contribution in [2.75, 3.05) is 20.2 Å². The van der Waals surface area contributed by atoms with E-state index < -0.39 is 5.82 Å². The highest BCUT2D eigenvalue weighted by Gasteiger charge is 2.14. The first-order valence-corrected chi connectivity index (χ1v) is 6.19. The molecule has 4 nitrogen and oxygen atoms in total. The molecule has 1 amide bonds. The van der Waals surface area contributed by atoms with Gasteiger partial charge in [0.05, 0.1) is 18.1 Å². The molecule has 0 saturated carbocycles. The number of ether oxygens (including phenoxy) is 1. The van der Waals surface area contributed by atoms with Crippen LogP contribution in [0.5, 0.6) is 0 Å². The van der Waals surface area contributed by atoms with Crippen molar-refractivity contribution >= 4 is 23.5 Å². The van der Waals surface area contributed by atoms with E-state index >= 15 is 0 Å². The SMILES string of the molecule is CCOC(=O)CCN(C)C(=O)c1ccc(Cl)c(F)c1. The lowest BCUT2D eigenvalue weighted by Crippen LogP contribution is -2.29. The molecule has 0 aliphatic carbocycles. The molecule has 0 saturated heterocycles. The van der Waals surface area contributed by atoms with Gasteiger partial charge in [-0.3, -0.25) is 9.59 Å². The summed E-state index contributed by atoms with van der Waals surface area (Å²) in [7, 11) is 1.54. The second-order valence-corrected chi connectivity index (χ2v) is 4.32. The van der Waals surface area contributed by atoms with Crippen molar-refractivity contribution in [3.8, 4) is 0 Å². The predicted octanol–water partition coefficient (Wildman–Crippen LogP) is 2.50. The van der Waals surface area contributed by atoms with Gasteiger partial charge in [0, 0.05) is 19.2 Å². The summed E-state index contributed by atoms with van der Waals surface area (Å²) >= 11 is 5.54. The third-order valence-corrected chi connectivity index (χ3v) is 2.78. The fraction of sp³-hybridized carbons (Fsp3) is 0.385. The average Bonchev–Trinajstić information content (AvgIpc) is 2.38. The summed E-state index contributed by atoms with van der Waals surface area (Å²) in [6.07, 6.45) is 0.103. The molecular weight excluding hydrogens is 273 g/mol. The summed E-state index contributed by atoms with van der Waals surface area (Å²) in [6, 6.07) is 3.84. The number of amides is 1. The van der Waals surface area contributed by atoms with E-state index in [2.05, 4.69) is 0 Å². The van der Waals surface area contributed by atoms with E-state index in [1.807, 2.05) is 0 Å². The van der Waals surface area contributed by atoms with Crippen molar-refractivity contribution in [1.82, 2.24) is 4.90 Å². The molecule has 0 bridgehead atoms. The number of carbonyl (C=O) groups is 2. The molecule has 0 spiro atoms. The van der Waals surface area contributed by atoms with E-state index in [1.165, 1.54) is 24.1 Å². The first-order chi connectivity index (χ1) is 8.95. The topological polar surface area (TPSA) is 46.6 Å². The molecule has 0 radical (unpaired) electrons. The number of esters is 1. The number of nitrogens with zero attached hydrogens (tertiary/aromatic N) is 1. The van der Waals surface area contributed by atoms with Gasteiger partial charge in [0.1, 0.15) is 5.82 Å². The zero-order valence-corrected chi connectivity index (χ0v) is 11.5. The number of hydrogen-bond donors (Lipinski definition) is 0. The van der Waals surface area contributed by atoms with Gasteiger partial charge in [0.25, 0.3) is 5.91 Å². The zero-order chi connectivity index (χ0) is 14.4. The van der Waals surface area contributed by atoms with Gasteiger partial charge in [-0.1, -0.05) is 11.6 Å². The smallest absolute Gasteiger partial charge is 0.307 e. The van der Waals surface area contributed by atoms with Crippen molar-refractivity contribution in [3.05, 3.63) is 34.6 Å². The molecule has 19 heavy (non-hydrogen) atoms. The van der Waals surface area contributed by atoms with Crippen LogP contribution in [0.4, 0.5) is 4.39 Å². The summed E-state index contributed by atoms with van der Waals surface area (Å²) in [4.78, 5) is 24.4. The van der Waals surface area contributed by atoms with Gasteiger partial charge in [0.15, 0.2) is 0 Å². The fourth-order valence-corrected chi connectivity index (χ4v) is 1.56. The van der Waals surface area contributed by atoms with Crippen LogP contribution in [0.25, 0.3) is 0 Å². The van der Waals surface area contributed by atoms with Crippen molar-refractivity contribution in [3.63, 3.8) is 0 Å². The second-order valence-electron chi connectivity index (χ2n) is 3.91. The minimum Gasteiger partial charge on any atom is -0.466 e. The Morgan fingerprint density at radius 1 is 1.42 bits per heavy atom. The van der Waals surface area contributed by atoms with Crippen molar-refractivity contribution in [2.45, 2.75) is 13.3 Å². The van der Waals surface area contributed by atoms with Gasteiger partial charge >= 0.3 is 5.97 Å². The monoisotopic (exact) mass is 287 g/mol. The van der Waals surface area contributed by atoms with Crippen LogP contribution in [-0.4, -0.2) is 37.0 Å². The summed E-state index contributed by atoms with van der Waals surface area (Å²) in [5, 5.41) is -0.0364. The predicted molar refractivity (Wildman–Crippen MR) is 69.6 cm³/mol. The van der Waals surface area contributed by atoms with E-state index in [-0.39, 0.29) is 35.4 Å². The first kappa shape index (κ1) is 15.4. The van der Waals surface area contributed by atoms with Crippen LogP contribution in [-0.2, 0) is 9.53 Å². The third kappa shape index (κ3) is 4.52. The Kier molecular flexibility index (Phi) is 5.76. The Morgan fingerprint density at radius 3 is 2.68 bits per heavy atom. The molecule has 0 fully saturated rings. The highest BCUT2D eigenvalue weighted by molar-refractivity contribution is 6.30. The van der Waals surface area contributed by atoms with Gasteiger partial charge in [-0.05, 0) is 25.1 Å². The van der Waals surface area contributed by atoms with Crippen LogP contribution >= 0.6 is 11.6 Å². The normalized spacial score (nSPS) is 10.1. The summed E-state index contributed by atoms with van der Waals surface area (Å²) in [5.74, 6) is -1.39. The number of carbonyl (C=O) groups excluding carboxylic acids is 2. The van der Waals surface area contributed by atoms with Crippen molar-refractivity contribution in [1.29, 1.82) is 0 Å². The largest absolute Gasteiger partial charge is 0.466 e. The Labute approximate surface area is 116 Å². The van der Waals surface area contributed by atoms with Gasteiger partial charge in [-0.2, -0.15) is 0 Å². The molecule has 104 valence electrons. The second kappa shape index (κ2) is 7.09. The van der Waals surface area contributed by atoms with Gasteiger partial charge in [0.2, 0.25) is 0 Å². The molecule has 0 heterocycles. The third-order valence-electron chi connectivity index (χ3n) is 2.47. The van der Waals surface area contributed by atoms with Gasteiger partial charge in [-0.25, -0.2) is 4.39 Å². The Balaban J connectivity index is 2.61. The maximum atomic E-state index is 13.2. The average molecular weight is 288 g/mol. The molecule has 1 aromatic rings. The number of rotatable bonds is 5. The van der Waals surface area contributed by atoms with Gasteiger partial charge in [-0.15, -0.1) is 0 Å². The lowest BCUT2D eigenvalue weighted by molar-refractivity contribution is -0.143. The van der Waals surface area contributed by atoms with Crippen LogP contribution in [0.3, 0.4) is 0 Å². The lowest BCUT2D eigenvalue weighted by atomic mass is 10.2. The van der Waals surface area contributed by atoms with Crippen LogP contribution in [0.2, 0.25) is 5.02 Å². The molecule has 6 heteroatoms. The summed E-state index contributed by atoms with van der Waals surface area (Å²) < 4.78 is 18.0. The fourth-order valence-electron chi connectivity index (χ4n) is 1.44. The van der Waals surface area contributed by atoms with E-state index in [4.69, 9.17) is 16.3 Å². The maximum Gasteiger partial charge on any atom is 0.307 e. The zero-order valence-electron chi connectivity index (χ0n) is 10.8. The molecule has 0 aromatic heterocycles. The number of benzene rings is 1. The Morgan fingerprint density at radius 2 is 2.11 bits per heavy atom. The minimum absolute atomic E-state index is 0.0364. The molecule has 1 rings (SSSR count). The molecule has 0 aliphatic rings. The molecule has 0 N–H and O–H groups in total. The van der Waals surface area contributed by atoms with Crippen molar-refractivity contribution < 1.29 is 18.7 Å². The number of halogens is 2. The van der Waals surface area contributed by atoms with E-state index in [1.54, 1.807) is 6.92 Å². The Bertz CT molecular complexity index is 479. The van der Waals surface area contributed by atoms with Crippen LogP contribution in [0.15, 0.2) is 18.2 Å². The molecule has 0 aliphatic heterocycles. The highest BCUT2D eigenvalue weighted by atomic mass is 35.5. The molecule has 0 unspecified atom stereocenters. The van der Waals surface area contributed by atoms with E-state index in [9.17, 15) is 14.0 Å². The molecule has 0 atom stereocenters. The van der Waals surface area contributed by atoms with Gasteiger partial charge < -0.3 is 9.64 Å².